The zero-order chi connectivity index (χ0) is 9.84. The number of aliphatic carboxylic acids is 1. The summed E-state index contributed by atoms with van der Waals surface area (Å²) in [6.07, 6.45) is 0. The minimum absolute atomic E-state index is 0.178. The third-order valence-electron chi connectivity index (χ3n) is 1.96. The van der Waals surface area contributed by atoms with Crippen LogP contribution in [0.4, 0.5) is 0 Å². The summed E-state index contributed by atoms with van der Waals surface area (Å²) in [5, 5.41) is 10.1. The second-order valence-electron chi connectivity index (χ2n) is 3.40. The van der Waals surface area contributed by atoms with Gasteiger partial charge < -0.3 is 5.11 Å². The van der Waals surface area contributed by atoms with Gasteiger partial charge in [0.25, 0.3) is 0 Å². The van der Waals surface area contributed by atoms with Crippen LogP contribution in [0.3, 0.4) is 0 Å². The van der Waals surface area contributed by atoms with E-state index in [1.54, 1.807) is 23.5 Å². The Kier molecular flexibility index (Phi) is 4.41. The van der Waals surface area contributed by atoms with Crippen LogP contribution in [0.25, 0.3) is 0 Å². The first kappa shape index (κ1) is 11.2. The average Bonchev–Trinajstić information content (AvgIpc) is 2.04. The van der Waals surface area contributed by atoms with Crippen LogP contribution in [0.2, 0.25) is 0 Å². The summed E-state index contributed by atoms with van der Waals surface area (Å²) >= 11 is 3.58. The van der Waals surface area contributed by atoms with Crippen LogP contribution in [-0.2, 0) is 4.79 Å². The maximum Gasteiger partial charge on any atom is 0.321 e. The molecule has 1 fully saturated rings. The zero-order valence-electron chi connectivity index (χ0n) is 7.90. The van der Waals surface area contributed by atoms with Crippen LogP contribution in [0.15, 0.2) is 0 Å². The monoisotopic (exact) mass is 221 g/mol. The highest BCUT2D eigenvalue weighted by Crippen LogP contribution is 2.25. The Balaban J connectivity index is 2.57. The molecule has 0 aromatic carbocycles. The third-order valence-corrected chi connectivity index (χ3v) is 4.32. The van der Waals surface area contributed by atoms with Gasteiger partial charge in [0.1, 0.15) is 6.04 Å². The second-order valence-corrected chi connectivity index (χ2v) is 5.68. The fraction of sp³-hybridized carbons (Fsp3) is 0.875. The van der Waals surface area contributed by atoms with Gasteiger partial charge in [0, 0.05) is 16.8 Å². The Morgan fingerprint density at radius 1 is 1.38 bits per heavy atom. The topological polar surface area (TPSA) is 40.5 Å². The van der Waals surface area contributed by atoms with Crippen LogP contribution in [0.5, 0.6) is 0 Å². The van der Waals surface area contributed by atoms with Gasteiger partial charge in [0.15, 0.2) is 0 Å². The van der Waals surface area contributed by atoms with Gasteiger partial charge in [-0.3, -0.25) is 9.69 Å². The molecule has 0 unspecified atom stereocenters. The van der Waals surface area contributed by atoms with Crippen molar-refractivity contribution in [2.45, 2.75) is 19.9 Å². The van der Waals surface area contributed by atoms with Crippen LogP contribution in [-0.4, -0.2) is 38.9 Å². The van der Waals surface area contributed by atoms with Crippen LogP contribution >= 0.6 is 23.5 Å². The number of nitrogens with zero attached hydrogens (tertiary/aromatic N) is 1. The van der Waals surface area contributed by atoms with Gasteiger partial charge in [-0.1, -0.05) is 13.8 Å². The average molecular weight is 221 g/mol. The number of carboxylic acids is 1. The SMILES string of the molecule is CC(C)[C@@H](C(=O)O)N1CSCSC1. The molecule has 1 aliphatic heterocycles. The maximum atomic E-state index is 11.0. The molecule has 0 amide bonds. The minimum Gasteiger partial charge on any atom is -0.480 e. The van der Waals surface area contributed by atoms with E-state index in [0.717, 1.165) is 16.8 Å². The lowest BCUT2D eigenvalue weighted by molar-refractivity contribution is -0.144. The van der Waals surface area contributed by atoms with Crippen LogP contribution in [0.1, 0.15) is 13.8 Å². The predicted molar refractivity (Wildman–Crippen MR) is 57.9 cm³/mol. The molecular formula is C8H15NO2S2. The Bertz CT molecular complexity index is 181. The largest absolute Gasteiger partial charge is 0.480 e. The highest BCUT2D eigenvalue weighted by Gasteiger charge is 2.29. The van der Waals surface area contributed by atoms with E-state index in [1.807, 2.05) is 18.7 Å². The van der Waals surface area contributed by atoms with Gasteiger partial charge in [-0.25, -0.2) is 0 Å². The maximum absolute atomic E-state index is 11.0. The van der Waals surface area contributed by atoms with E-state index >= 15 is 0 Å². The molecule has 1 heterocycles. The molecule has 0 saturated carbocycles. The lowest BCUT2D eigenvalue weighted by atomic mass is 10.0. The van der Waals surface area contributed by atoms with Crippen LogP contribution in [0, 0.1) is 5.92 Å². The van der Waals surface area contributed by atoms with E-state index < -0.39 is 5.97 Å². The van der Waals surface area contributed by atoms with Crippen molar-refractivity contribution in [3.05, 3.63) is 0 Å². The molecule has 0 radical (unpaired) electrons. The number of thioether (sulfide) groups is 2. The van der Waals surface area contributed by atoms with Gasteiger partial charge in [-0.05, 0) is 5.92 Å². The fourth-order valence-corrected chi connectivity index (χ4v) is 3.58. The van der Waals surface area contributed by atoms with E-state index in [2.05, 4.69) is 0 Å². The van der Waals surface area contributed by atoms with Gasteiger partial charge in [0.05, 0.1) is 0 Å². The molecule has 13 heavy (non-hydrogen) atoms. The molecule has 76 valence electrons. The van der Waals surface area contributed by atoms with Crippen LogP contribution < -0.4 is 0 Å². The second kappa shape index (κ2) is 5.12. The molecule has 0 aromatic heterocycles. The number of hydrogen-bond donors (Lipinski definition) is 1. The first-order valence-corrected chi connectivity index (χ1v) is 6.56. The molecule has 0 aromatic rings. The summed E-state index contributed by atoms with van der Waals surface area (Å²) in [5.41, 5.74) is 0. The summed E-state index contributed by atoms with van der Waals surface area (Å²) < 4.78 is 0. The first-order valence-electron chi connectivity index (χ1n) is 4.25. The molecular weight excluding hydrogens is 206 g/mol. The molecule has 5 heteroatoms. The first-order chi connectivity index (χ1) is 6.13. The Morgan fingerprint density at radius 3 is 2.31 bits per heavy atom. The standard InChI is InChI=1S/C8H15NO2S2/c1-6(2)7(8(10)11)9-3-12-5-13-4-9/h6-7H,3-5H2,1-2H3,(H,10,11)/t7-/m0/s1. The fourth-order valence-electron chi connectivity index (χ4n) is 1.43. The summed E-state index contributed by atoms with van der Waals surface area (Å²) in [5.74, 6) is 1.18. The van der Waals surface area contributed by atoms with Gasteiger partial charge >= 0.3 is 5.97 Å². The van der Waals surface area contributed by atoms with E-state index in [0.29, 0.717) is 0 Å². The third kappa shape index (κ3) is 3.07. The number of hydrogen-bond acceptors (Lipinski definition) is 4. The molecule has 1 atom stereocenters. The summed E-state index contributed by atoms with van der Waals surface area (Å²) in [4.78, 5) is 13.0. The highest BCUT2D eigenvalue weighted by molar-refractivity contribution is 8.16. The Hall–Kier alpha value is 0.130. The van der Waals surface area contributed by atoms with Crippen molar-refractivity contribution >= 4 is 29.5 Å². The lowest BCUT2D eigenvalue weighted by Crippen LogP contribution is -2.45. The molecule has 0 aliphatic carbocycles. The summed E-state index contributed by atoms with van der Waals surface area (Å²) in [6, 6.07) is -0.319. The van der Waals surface area contributed by atoms with Gasteiger partial charge in [0.2, 0.25) is 0 Å². The Labute approximate surface area is 87.2 Å². The van der Waals surface area contributed by atoms with Crippen molar-refractivity contribution in [1.29, 1.82) is 0 Å². The number of carbonyl (C=O) groups is 1. The van der Waals surface area contributed by atoms with Crippen molar-refractivity contribution in [2.75, 3.05) is 16.8 Å². The van der Waals surface area contributed by atoms with Crippen molar-refractivity contribution in [3.63, 3.8) is 0 Å². The molecule has 1 N–H and O–H groups in total. The van der Waals surface area contributed by atoms with E-state index in [4.69, 9.17) is 5.11 Å². The van der Waals surface area contributed by atoms with Crippen molar-refractivity contribution in [2.24, 2.45) is 5.92 Å². The lowest BCUT2D eigenvalue weighted by Gasteiger charge is -2.33. The zero-order valence-corrected chi connectivity index (χ0v) is 9.53. The molecule has 3 nitrogen and oxygen atoms in total. The molecule has 1 rings (SSSR count). The molecule has 1 aliphatic rings. The minimum atomic E-state index is -0.696. The molecule has 0 bridgehead atoms. The van der Waals surface area contributed by atoms with E-state index in [9.17, 15) is 4.79 Å². The van der Waals surface area contributed by atoms with E-state index in [-0.39, 0.29) is 12.0 Å². The highest BCUT2D eigenvalue weighted by atomic mass is 32.2. The Morgan fingerprint density at radius 2 is 1.92 bits per heavy atom. The molecule has 1 saturated heterocycles. The number of carboxylic acid groups (broad SMARTS) is 1. The van der Waals surface area contributed by atoms with Crippen molar-refractivity contribution in [3.8, 4) is 0 Å². The van der Waals surface area contributed by atoms with Gasteiger partial charge in [-0.2, -0.15) is 0 Å². The van der Waals surface area contributed by atoms with Gasteiger partial charge in [-0.15, -0.1) is 23.5 Å². The quantitative estimate of drug-likeness (QED) is 0.786. The number of rotatable bonds is 3. The normalized spacial score (nSPS) is 21.8. The molecule has 0 spiro atoms. The predicted octanol–water partition coefficient (Wildman–Crippen LogP) is 1.75. The van der Waals surface area contributed by atoms with Crippen molar-refractivity contribution in [1.82, 2.24) is 4.90 Å². The summed E-state index contributed by atoms with van der Waals surface area (Å²) in [7, 11) is 0. The van der Waals surface area contributed by atoms with Crippen molar-refractivity contribution < 1.29 is 9.90 Å². The smallest absolute Gasteiger partial charge is 0.321 e. The summed E-state index contributed by atoms with van der Waals surface area (Å²) in [6.45, 7) is 3.92. The van der Waals surface area contributed by atoms with E-state index in [1.165, 1.54) is 0 Å².